The molecule has 0 spiro atoms. The highest BCUT2D eigenvalue weighted by molar-refractivity contribution is 5.89. The lowest BCUT2D eigenvalue weighted by Gasteiger charge is -2.37. The number of nitrogens with one attached hydrogen (secondary N) is 1. The summed E-state index contributed by atoms with van der Waals surface area (Å²) in [5, 5.41) is 2.76. The molecule has 0 radical (unpaired) electrons. The molecule has 0 aliphatic carbocycles. The average Bonchev–Trinajstić information content (AvgIpc) is 2.62. The Morgan fingerprint density at radius 1 is 1.08 bits per heavy atom. The molecule has 24 heavy (non-hydrogen) atoms. The van der Waals surface area contributed by atoms with E-state index in [4.69, 9.17) is 0 Å². The number of para-hydroxylation sites is 1. The number of aryl methyl sites for hydroxylation is 1. The van der Waals surface area contributed by atoms with Crippen LogP contribution in [0, 0.1) is 5.82 Å². The molecular formula is C19H22FN3O. The quantitative estimate of drug-likeness (QED) is 0.932. The molecule has 1 aliphatic rings. The summed E-state index contributed by atoms with van der Waals surface area (Å²) in [6.07, 6.45) is 0.996. The number of piperazine rings is 1. The van der Waals surface area contributed by atoms with E-state index in [0.717, 1.165) is 19.5 Å². The molecule has 0 unspecified atom stereocenters. The highest BCUT2D eigenvalue weighted by atomic mass is 19.1. The molecule has 0 atom stereocenters. The minimum Gasteiger partial charge on any atom is -0.368 e. The molecule has 4 nitrogen and oxygen atoms in total. The molecule has 1 N–H and O–H groups in total. The lowest BCUT2D eigenvalue weighted by molar-refractivity contribution is 0.208. The summed E-state index contributed by atoms with van der Waals surface area (Å²) >= 11 is 0. The van der Waals surface area contributed by atoms with Crippen molar-refractivity contribution in [1.29, 1.82) is 0 Å². The van der Waals surface area contributed by atoms with Crippen molar-refractivity contribution in [3.8, 4) is 0 Å². The van der Waals surface area contributed by atoms with Crippen molar-refractivity contribution in [1.82, 2.24) is 4.90 Å². The molecule has 0 aromatic heterocycles. The molecule has 5 heteroatoms. The van der Waals surface area contributed by atoms with Crippen molar-refractivity contribution in [3.63, 3.8) is 0 Å². The zero-order chi connectivity index (χ0) is 16.9. The van der Waals surface area contributed by atoms with Gasteiger partial charge in [0.1, 0.15) is 5.82 Å². The maximum Gasteiger partial charge on any atom is 0.321 e. The summed E-state index contributed by atoms with van der Waals surface area (Å²) in [5.41, 5.74) is 3.07. The fourth-order valence-corrected chi connectivity index (χ4v) is 3.04. The van der Waals surface area contributed by atoms with E-state index in [1.165, 1.54) is 23.4 Å². The van der Waals surface area contributed by atoms with Crippen LogP contribution in [0.4, 0.5) is 20.6 Å². The van der Waals surface area contributed by atoms with E-state index in [0.29, 0.717) is 18.8 Å². The predicted octanol–water partition coefficient (Wildman–Crippen LogP) is 3.74. The summed E-state index contributed by atoms with van der Waals surface area (Å²) in [6.45, 7) is 5.06. The molecule has 2 aromatic carbocycles. The van der Waals surface area contributed by atoms with Gasteiger partial charge in [0, 0.05) is 37.6 Å². The number of carbonyl (C=O) groups is 1. The normalized spacial score (nSPS) is 14.6. The summed E-state index contributed by atoms with van der Waals surface area (Å²) in [7, 11) is 0. The standard InChI is InChI=1S/C19H22FN3O/c1-2-15-6-3-4-9-18(15)22-10-12-23(13-11-22)19(24)21-17-8-5-7-16(20)14-17/h3-9,14H,2,10-13H2,1H3,(H,21,24). The number of hydrogen-bond acceptors (Lipinski definition) is 2. The maximum absolute atomic E-state index is 13.2. The van der Waals surface area contributed by atoms with Gasteiger partial charge in [-0.25, -0.2) is 9.18 Å². The molecule has 1 fully saturated rings. The minimum atomic E-state index is -0.353. The Bertz CT molecular complexity index is 711. The van der Waals surface area contributed by atoms with Gasteiger partial charge in [-0.05, 0) is 36.2 Å². The second-order valence-corrected chi connectivity index (χ2v) is 5.90. The van der Waals surface area contributed by atoms with Gasteiger partial charge in [-0.2, -0.15) is 0 Å². The Hall–Kier alpha value is -2.56. The SMILES string of the molecule is CCc1ccccc1N1CCN(C(=O)Nc2cccc(F)c2)CC1. The van der Waals surface area contributed by atoms with Crippen LogP contribution in [0.2, 0.25) is 0 Å². The fourth-order valence-electron chi connectivity index (χ4n) is 3.04. The number of amides is 2. The monoisotopic (exact) mass is 327 g/mol. The first kappa shape index (κ1) is 16.3. The lowest BCUT2D eigenvalue weighted by Crippen LogP contribution is -2.50. The lowest BCUT2D eigenvalue weighted by atomic mass is 10.1. The first-order valence-corrected chi connectivity index (χ1v) is 8.31. The molecule has 0 bridgehead atoms. The van der Waals surface area contributed by atoms with E-state index in [-0.39, 0.29) is 11.8 Å². The van der Waals surface area contributed by atoms with Gasteiger partial charge in [0.25, 0.3) is 0 Å². The van der Waals surface area contributed by atoms with Crippen LogP contribution in [0.3, 0.4) is 0 Å². The first-order valence-electron chi connectivity index (χ1n) is 8.31. The number of nitrogens with zero attached hydrogens (tertiary/aromatic N) is 2. The van der Waals surface area contributed by atoms with Gasteiger partial charge in [0.2, 0.25) is 0 Å². The number of rotatable bonds is 3. The molecule has 3 rings (SSSR count). The zero-order valence-corrected chi connectivity index (χ0v) is 13.8. The molecule has 1 saturated heterocycles. The number of halogens is 1. The van der Waals surface area contributed by atoms with Crippen LogP contribution >= 0.6 is 0 Å². The van der Waals surface area contributed by atoms with Crippen LogP contribution in [0.1, 0.15) is 12.5 Å². The van der Waals surface area contributed by atoms with E-state index in [9.17, 15) is 9.18 Å². The zero-order valence-electron chi connectivity index (χ0n) is 13.8. The average molecular weight is 327 g/mol. The number of carbonyl (C=O) groups excluding carboxylic acids is 1. The predicted molar refractivity (Wildman–Crippen MR) is 95.0 cm³/mol. The van der Waals surface area contributed by atoms with Crippen LogP contribution in [-0.4, -0.2) is 37.1 Å². The van der Waals surface area contributed by atoms with E-state index in [1.54, 1.807) is 17.0 Å². The largest absolute Gasteiger partial charge is 0.368 e. The first-order chi connectivity index (χ1) is 11.7. The topological polar surface area (TPSA) is 35.6 Å². The molecule has 0 saturated carbocycles. The van der Waals surface area contributed by atoms with Crippen LogP contribution in [-0.2, 0) is 6.42 Å². The second-order valence-electron chi connectivity index (χ2n) is 5.90. The van der Waals surface area contributed by atoms with E-state index in [1.807, 2.05) is 0 Å². The van der Waals surface area contributed by atoms with Crippen molar-refractivity contribution in [3.05, 3.63) is 59.9 Å². The summed E-state index contributed by atoms with van der Waals surface area (Å²) in [5.74, 6) is -0.353. The van der Waals surface area contributed by atoms with Gasteiger partial charge < -0.3 is 15.1 Å². The van der Waals surface area contributed by atoms with E-state index in [2.05, 4.69) is 41.4 Å². The van der Waals surface area contributed by atoms with Crippen molar-refractivity contribution in [2.75, 3.05) is 36.4 Å². The summed E-state index contributed by atoms with van der Waals surface area (Å²) in [4.78, 5) is 16.4. The Morgan fingerprint density at radius 2 is 1.83 bits per heavy atom. The highest BCUT2D eigenvalue weighted by Crippen LogP contribution is 2.22. The molecule has 1 heterocycles. The Balaban J connectivity index is 1.59. The smallest absolute Gasteiger partial charge is 0.321 e. The van der Waals surface area contributed by atoms with Gasteiger partial charge >= 0.3 is 6.03 Å². The van der Waals surface area contributed by atoms with Crippen LogP contribution in [0.25, 0.3) is 0 Å². The molecular weight excluding hydrogens is 305 g/mol. The molecule has 1 aliphatic heterocycles. The highest BCUT2D eigenvalue weighted by Gasteiger charge is 2.22. The minimum absolute atomic E-state index is 0.177. The third kappa shape index (κ3) is 3.67. The Labute approximate surface area is 141 Å². The van der Waals surface area contributed by atoms with Crippen molar-refractivity contribution < 1.29 is 9.18 Å². The Morgan fingerprint density at radius 3 is 2.54 bits per heavy atom. The van der Waals surface area contributed by atoms with Gasteiger partial charge in [-0.15, -0.1) is 0 Å². The van der Waals surface area contributed by atoms with Crippen LogP contribution < -0.4 is 10.2 Å². The van der Waals surface area contributed by atoms with Gasteiger partial charge in [0.05, 0.1) is 0 Å². The van der Waals surface area contributed by atoms with Gasteiger partial charge in [-0.3, -0.25) is 0 Å². The maximum atomic E-state index is 13.2. The molecule has 2 amide bonds. The third-order valence-corrected chi connectivity index (χ3v) is 4.36. The fraction of sp³-hybridized carbons (Fsp3) is 0.316. The van der Waals surface area contributed by atoms with Crippen molar-refractivity contribution in [2.24, 2.45) is 0 Å². The van der Waals surface area contributed by atoms with E-state index >= 15 is 0 Å². The number of anilines is 2. The Kier molecular flexibility index (Phi) is 4.99. The number of hydrogen-bond donors (Lipinski definition) is 1. The number of benzene rings is 2. The third-order valence-electron chi connectivity index (χ3n) is 4.36. The van der Waals surface area contributed by atoms with Gasteiger partial charge in [0.15, 0.2) is 0 Å². The second kappa shape index (κ2) is 7.34. The van der Waals surface area contributed by atoms with Crippen LogP contribution in [0.15, 0.2) is 48.5 Å². The van der Waals surface area contributed by atoms with Crippen molar-refractivity contribution >= 4 is 17.4 Å². The molecule has 2 aromatic rings. The van der Waals surface area contributed by atoms with Crippen molar-refractivity contribution in [2.45, 2.75) is 13.3 Å². The molecule has 126 valence electrons. The summed E-state index contributed by atoms with van der Waals surface area (Å²) < 4.78 is 13.2. The number of urea groups is 1. The van der Waals surface area contributed by atoms with Gasteiger partial charge in [-0.1, -0.05) is 31.2 Å². The van der Waals surface area contributed by atoms with E-state index < -0.39 is 0 Å². The van der Waals surface area contributed by atoms with Crippen LogP contribution in [0.5, 0.6) is 0 Å². The summed E-state index contributed by atoms with van der Waals surface area (Å²) in [6, 6.07) is 14.2.